The smallest absolute Gasteiger partial charge is 0.306 e. The maximum absolute atomic E-state index is 13.7. The van der Waals surface area contributed by atoms with Crippen molar-refractivity contribution in [3.05, 3.63) is 12.2 Å². The third-order valence-electron chi connectivity index (χ3n) is 16.7. The Bertz CT molecular complexity index is 1370. The number of ether oxygens (including phenoxy) is 2. The summed E-state index contributed by atoms with van der Waals surface area (Å²) >= 11 is 0. The number of nitrogens with one attached hydrogen (secondary N) is 2. The average molecular weight is 711 g/mol. The van der Waals surface area contributed by atoms with Gasteiger partial charge in [0.1, 0.15) is 6.10 Å². The molecule has 288 valence electrons. The minimum atomic E-state index is -0.883. The number of hydrogen-bond acceptors (Lipinski definition) is 6. The Morgan fingerprint density at radius 1 is 0.922 bits per heavy atom. The summed E-state index contributed by atoms with van der Waals surface area (Å²) in [4.78, 5) is 38.3. The van der Waals surface area contributed by atoms with Crippen LogP contribution in [-0.4, -0.2) is 61.4 Å². The van der Waals surface area contributed by atoms with Crippen LogP contribution in [0.25, 0.3) is 0 Å². The second-order valence-electron chi connectivity index (χ2n) is 20.5. The number of carboxylic acids is 1. The highest BCUT2D eigenvalue weighted by molar-refractivity contribution is 5.77. The minimum absolute atomic E-state index is 0.0385. The summed E-state index contributed by atoms with van der Waals surface area (Å²) in [5.41, 5.74) is 1.09. The number of fused-ring (bicyclic) bond motifs is 7. The van der Waals surface area contributed by atoms with E-state index in [0.29, 0.717) is 49.2 Å². The van der Waals surface area contributed by atoms with E-state index in [0.717, 1.165) is 51.6 Å². The van der Waals surface area contributed by atoms with Crippen molar-refractivity contribution < 1.29 is 29.0 Å². The summed E-state index contributed by atoms with van der Waals surface area (Å²) in [6.07, 6.45) is 11.8. The van der Waals surface area contributed by atoms with Gasteiger partial charge in [-0.1, -0.05) is 60.6 Å². The molecular formula is C43H70N2O6. The zero-order valence-corrected chi connectivity index (χ0v) is 33.3. The summed E-state index contributed by atoms with van der Waals surface area (Å²) in [5.74, 6) is 1.64. The van der Waals surface area contributed by atoms with E-state index in [1.807, 2.05) is 13.8 Å². The van der Waals surface area contributed by atoms with Gasteiger partial charge in [-0.25, -0.2) is 0 Å². The minimum Gasteiger partial charge on any atom is -0.481 e. The van der Waals surface area contributed by atoms with Gasteiger partial charge in [0.2, 0.25) is 5.91 Å². The maximum Gasteiger partial charge on any atom is 0.306 e. The van der Waals surface area contributed by atoms with E-state index in [4.69, 9.17) is 9.47 Å². The summed E-state index contributed by atoms with van der Waals surface area (Å²) in [6, 6.07) is 0. The predicted octanol–water partition coefficient (Wildman–Crippen LogP) is 7.94. The first-order chi connectivity index (χ1) is 23.8. The van der Waals surface area contributed by atoms with Gasteiger partial charge in [-0.2, -0.15) is 0 Å². The summed E-state index contributed by atoms with van der Waals surface area (Å²) in [5, 5.41) is 16.0. The van der Waals surface area contributed by atoms with Crippen LogP contribution in [0.15, 0.2) is 12.2 Å². The third kappa shape index (κ3) is 6.74. The van der Waals surface area contributed by atoms with Crippen LogP contribution >= 0.6 is 0 Å². The van der Waals surface area contributed by atoms with Crippen molar-refractivity contribution >= 4 is 17.8 Å². The molecule has 6 aliphatic rings. The molecule has 5 saturated carbocycles. The van der Waals surface area contributed by atoms with Gasteiger partial charge < -0.3 is 25.2 Å². The number of esters is 1. The first-order valence-electron chi connectivity index (χ1n) is 20.4. The fraction of sp³-hybridized carbons (Fsp3) is 0.884. The summed E-state index contributed by atoms with van der Waals surface area (Å²) in [7, 11) is 0. The zero-order chi connectivity index (χ0) is 37.2. The number of amides is 1. The third-order valence-corrected chi connectivity index (χ3v) is 16.7. The molecule has 5 aliphatic carbocycles. The van der Waals surface area contributed by atoms with Gasteiger partial charge in [0.15, 0.2) is 0 Å². The summed E-state index contributed by atoms with van der Waals surface area (Å²) < 4.78 is 12.2. The van der Waals surface area contributed by atoms with Crippen molar-refractivity contribution in [1.29, 1.82) is 0 Å². The highest BCUT2D eigenvalue weighted by atomic mass is 16.5. The lowest BCUT2D eigenvalue weighted by Gasteiger charge is -2.73. The van der Waals surface area contributed by atoms with Crippen LogP contribution in [0.4, 0.5) is 0 Å². The van der Waals surface area contributed by atoms with Gasteiger partial charge in [0.25, 0.3) is 0 Å². The van der Waals surface area contributed by atoms with Crippen LogP contribution in [0, 0.1) is 62.1 Å². The van der Waals surface area contributed by atoms with Crippen molar-refractivity contribution in [1.82, 2.24) is 10.6 Å². The van der Waals surface area contributed by atoms with Crippen LogP contribution in [-0.2, 0) is 23.9 Å². The van der Waals surface area contributed by atoms with Gasteiger partial charge in [-0.3, -0.25) is 14.4 Å². The number of allylic oxidation sites excluding steroid dienone is 1. The Hall–Kier alpha value is -1.93. The molecule has 1 heterocycles. The van der Waals surface area contributed by atoms with Gasteiger partial charge in [-0.15, -0.1) is 0 Å². The Balaban J connectivity index is 1.20. The molecule has 0 radical (unpaired) electrons. The molecule has 8 nitrogen and oxygen atoms in total. The number of carbonyl (C=O) groups is 3. The Labute approximate surface area is 308 Å². The molecule has 1 amide bonds. The number of carboxylic acid groups (broad SMARTS) is 1. The first-order valence-corrected chi connectivity index (χ1v) is 20.4. The Kier molecular flexibility index (Phi) is 10.4. The van der Waals surface area contributed by atoms with Gasteiger partial charge >= 0.3 is 11.9 Å². The lowest BCUT2D eigenvalue weighted by atomic mass is 9.32. The highest BCUT2D eigenvalue weighted by Crippen LogP contribution is 2.78. The molecule has 11 atom stereocenters. The van der Waals surface area contributed by atoms with Crippen LogP contribution in [0.5, 0.6) is 0 Å². The van der Waals surface area contributed by atoms with E-state index in [1.54, 1.807) is 0 Å². The largest absolute Gasteiger partial charge is 0.481 e. The molecule has 0 bridgehead atoms. The molecular weight excluding hydrogens is 640 g/mol. The topological polar surface area (TPSA) is 114 Å². The molecule has 1 unspecified atom stereocenters. The number of rotatable bonds is 10. The molecule has 0 aromatic rings. The van der Waals surface area contributed by atoms with E-state index >= 15 is 0 Å². The normalized spacial score (nSPS) is 43.1. The lowest BCUT2D eigenvalue weighted by molar-refractivity contribution is -0.250. The van der Waals surface area contributed by atoms with Crippen molar-refractivity contribution in [2.24, 2.45) is 62.1 Å². The van der Waals surface area contributed by atoms with Gasteiger partial charge in [-0.05, 0) is 128 Å². The second-order valence-corrected chi connectivity index (χ2v) is 20.5. The van der Waals surface area contributed by atoms with E-state index in [-0.39, 0.29) is 64.0 Å². The number of hydrogen-bond donors (Lipinski definition) is 3. The molecule has 1 saturated heterocycles. The van der Waals surface area contributed by atoms with Crippen LogP contribution < -0.4 is 10.6 Å². The number of morpholine rings is 1. The highest BCUT2D eigenvalue weighted by Gasteiger charge is 2.71. The fourth-order valence-corrected chi connectivity index (χ4v) is 14.2. The van der Waals surface area contributed by atoms with E-state index in [2.05, 4.69) is 58.8 Å². The van der Waals surface area contributed by atoms with Crippen LogP contribution in [0.2, 0.25) is 0 Å². The predicted molar refractivity (Wildman–Crippen MR) is 200 cm³/mol. The van der Waals surface area contributed by atoms with Crippen molar-refractivity contribution in [2.75, 3.05) is 26.2 Å². The average Bonchev–Trinajstić information content (AvgIpc) is 3.41. The summed E-state index contributed by atoms with van der Waals surface area (Å²) in [6.45, 7) is 26.0. The molecule has 0 aromatic heterocycles. The van der Waals surface area contributed by atoms with Crippen LogP contribution in [0.1, 0.15) is 139 Å². The molecule has 6 fully saturated rings. The second kappa shape index (κ2) is 13.7. The van der Waals surface area contributed by atoms with Crippen molar-refractivity contribution in [3.8, 4) is 0 Å². The number of aliphatic carboxylic acids is 1. The molecule has 0 spiro atoms. The molecule has 1 aliphatic heterocycles. The molecule has 0 aromatic carbocycles. The zero-order valence-electron chi connectivity index (χ0n) is 33.3. The maximum atomic E-state index is 13.7. The van der Waals surface area contributed by atoms with Gasteiger partial charge in [0, 0.05) is 31.5 Å². The quantitative estimate of drug-likeness (QED) is 0.156. The molecule has 3 N–H and O–H groups in total. The first kappa shape index (κ1) is 38.8. The van der Waals surface area contributed by atoms with Gasteiger partial charge in [0.05, 0.1) is 25.6 Å². The Morgan fingerprint density at radius 2 is 1.67 bits per heavy atom. The van der Waals surface area contributed by atoms with Crippen molar-refractivity contribution in [2.45, 2.75) is 151 Å². The SMILES string of the molecule is C=C(C)[C@@H]1CC[C@]2(CC(=O)NCC3CNCCO3)CC[C@]3(C)[C@H](CC[C@@H]4[C@@]5(C)CC[C@H](OC(=O)CC(C)(C)CC(=O)O)C(C)(C)[C@@H]5CC[C@]43C)[C@@H]12. The lowest BCUT2D eigenvalue weighted by Crippen LogP contribution is -2.67. The van der Waals surface area contributed by atoms with Crippen molar-refractivity contribution in [3.63, 3.8) is 0 Å². The number of carbonyl (C=O) groups excluding carboxylic acids is 2. The monoisotopic (exact) mass is 711 g/mol. The molecule has 8 heteroatoms. The standard InChI is InChI=1S/C43H70N2O6/c1-27(2)29-12-17-43(22-34(46)45-26-28-25-44-20-21-50-28)19-18-41(8)30(37(29)43)10-11-32-40(7)15-14-33(39(5,6)31(40)13-16-42(32,41)9)51-36(49)24-38(3,4)23-35(47)48/h28-33,37,44H,1,10-26H2,2-9H3,(H,45,46)(H,47,48)/t28?,29-,30+,31-,32+,33-,37+,40-,41+,42+,43+/m0/s1. The molecule has 51 heavy (non-hydrogen) atoms. The van der Waals surface area contributed by atoms with Crippen LogP contribution in [0.3, 0.4) is 0 Å². The Morgan fingerprint density at radius 3 is 2.33 bits per heavy atom. The van der Waals surface area contributed by atoms with E-state index in [1.165, 1.54) is 31.3 Å². The van der Waals surface area contributed by atoms with E-state index < -0.39 is 11.4 Å². The molecule has 6 rings (SSSR count). The fourth-order valence-electron chi connectivity index (χ4n) is 14.2. The van der Waals surface area contributed by atoms with E-state index in [9.17, 15) is 19.5 Å².